The molecule has 1 heterocycles. The van der Waals surface area contributed by atoms with E-state index in [0.29, 0.717) is 11.5 Å². The molecule has 1 fully saturated rings. The van der Waals surface area contributed by atoms with Crippen molar-refractivity contribution in [1.82, 2.24) is 9.55 Å². The van der Waals surface area contributed by atoms with Crippen molar-refractivity contribution < 1.29 is 9.22 Å². The summed E-state index contributed by atoms with van der Waals surface area (Å²) in [4.78, 5) is 18.6. The average molecular weight is 503 g/mol. The van der Waals surface area contributed by atoms with Crippen LogP contribution in [0.15, 0.2) is 48.5 Å². The number of anilines is 1. The van der Waals surface area contributed by atoms with Crippen molar-refractivity contribution in [2.45, 2.75) is 83.7 Å². The lowest BCUT2D eigenvalue weighted by atomic mass is 9.83. The van der Waals surface area contributed by atoms with E-state index in [0.717, 1.165) is 35.9 Å². The Balaban J connectivity index is 1.71. The summed E-state index contributed by atoms with van der Waals surface area (Å²) in [6.07, 6.45) is 3.23. The molecule has 1 aromatic heterocycles. The van der Waals surface area contributed by atoms with Crippen molar-refractivity contribution in [3.8, 4) is 6.07 Å². The van der Waals surface area contributed by atoms with Crippen LogP contribution in [0.4, 0.5) is 5.95 Å². The summed E-state index contributed by atoms with van der Waals surface area (Å²) in [6, 6.07) is 18.1. The average Bonchev–Trinajstić information content (AvgIpc) is 3.13. The van der Waals surface area contributed by atoms with E-state index in [4.69, 9.17) is 9.41 Å². The topological polar surface area (TPSA) is 79.9 Å². The molecule has 0 radical (unpaired) electrons. The van der Waals surface area contributed by atoms with E-state index in [2.05, 4.69) is 49.8 Å². The van der Waals surface area contributed by atoms with Crippen LogP contribution in [0.1, 0.15) is 71.0 Å². The van der Waals surface area contributed by atoms with Crippen LogP contribution in [0.3, 0.4) is 0 Å². The molecule has 2 unspecified atom stereocenters. The van der Waals surface area contributed by atoms with E-state index in [1.54, 1.807) is 6.07 Å². The second kappa shape index (κ2) is 9.49. The molecule has 4 rings (SSSR count). The zero-order valence-corrected chi connectivity index (χ0v) is 23.6. The second-order valence-electron chi connectivity index (χ2n) is 11.8. The molecule has 1 amide bonds. The summed E-state index contributed by atoms with van der Waals surface area (Å²) in [5, 5.41) is 12.6. The molecule has 6 nitrogen and oxygen atoms in total. The third kappa shape index (κ3) is 4.72. The normalized spacial score (nSPS) is 17.2. The van der Waals surface area contributed by atoms with E-state index in [-0.39, 0.29) is 17.0 Å². The first-order valence-electron chi connectivity index (χ1n) is 12.9. The monoisotopic (exact) mass is 502 g/mol. The molecule has 190 valence electrons. The number of hydrogen-bond acceptors (Lipinski definition) is 4. The van der Waals surface area contributed by atoms with Gasteiger partial charge in [-0.25, -0.2) is 4.98 Å². The van der Waals surface area contributed by atoms with Crippen molar-refractivity contribution >= 4 is 31.2 Å². The first-order chi connectivity index (χ1) is 16.9. The fourth-order valence-electron chi connectivity index (χ4n) is 4.58. The predicted octanol–water partition coefficient (Wildman–Crippen LogP) is 7.14. The number of nitriles is 1. The lowest BCUT2D eigenvalue weighted by Gasteiger charge is -2.46. The van der Waals surface area contributed by atoms with Gasteiger partial charge in [0.25, 0.3) is 0 Å². The molecule has 1 aliphatic rings. The lowest BCUT2D eigenvalue weighted by Crippen LogP contribution is -2.52. The predicted molar refractivity (Wildman–Crippen MR) is 147 cm³/mol. The largest absolute Gasteiger partial charge is 0.407 e. The Bertz CT molecular complexity index is 1300. The molecule has 0 aliphatic heterocycles. The minimum atomic E-state index is -2.22. The van der Waals surface area contributed by atoms with Crippen LogP contribution < -0.4 is 5.32 Å². The van der Waals surface area contributed by atoms with Crippen LogP contribution in [0.25, 0.3) is 11.0 Å². The quantitative estimate of drug-likeness (QED) is 0.348. The Morgan fingerprint density at radius 1 is 1.17 bits per heavy atom. The highest BCUT2D eigenvalue weighted by atomic mass is 28.4. The molecule has 1 aliphatic carbocycles. The van der Waals surface area contributed by atoms with Gasteiger partial charge < -0.3 is 8.99 Å². The number of nitrogens with one attached hydrogen (secondary N) is 1. The maximum Gasteiger partial charge on any atom is 0.232 e. The number of fused-ring (bicyclic) bond motifs is 1. The van der Waals surface area contributed by atoms with Crippen molar-refractivity contribution in [3.63, 3.8) is 0 Å². The molecule has 36 heavy (non-hydrogen) atoms. The summed E-state index contributed by atoms with van der Waals surface area (Å²) in [5.74, 6) is -0.0563. The fourth-order valence-corrected chi connectivity index (χ4v) is 6.24. The number of aromatic nitrogens is 2. The zero-order chi connectivity index (χ0) is 26.3. The second-order valence-corrected chi connectivity index (χ2v) is 16.5. The van der Waals surface area contributed by atoms with Gasteiger partial charge in [-0.15, -0.1) is 0 Å². The van der Waals surface area contributed by atoms with Gasteiger partial charge in [-0.05, 0) is 68.1 Å². The van der Waals surface area contributed by atoms with Crippen LogP contribution in [0.2, 0.25) is 18.1 Å². The number of imidazole rings is 1. The Hall–Kier alpha value is -2.95. The van der Waals surface area contributed by atoms with Crippen LogP contribution in [0, 0.1) is 17.2 Å². The lowest BCUT2D eigenvalue weighted by molar-refractivity contribution is -0.126. The fraction of sp³-hybridized carbons (Fsp3) is 0.483. The van der Waals surface area contributed by atoms with Crippen molar-refractivity contribution in [2.24, 2.45) is 5.92 Å². The highest BCUT2D eigenvalue weighted by Crippen LogP contribution is 2.45. The van der Waals surface area contributed by atoms with Gasteiger partial charge in [-0.2, -0.15) is 5.26 Å². The Kier molecular flexibility index (Phi) is 6.89. The molecule has 0 bridgehead atoms. The number of nitrogens with zero attached hydrogens (tertiary/aromatic N) is 3. The van der Waals surface area contributed by atoms with Gasteiger partial charge in [0, 0.05) is 6.04 Å². The zero-order valence-electron chi connectivity index (χ0n) is 22.6. The maximum absolute atomic E-state index is 13.9. The van der Waals surface area contributed by atoms with Gasteiger partial charge >= 0.3 is 0 Å². The summed E-state index contributed by atoms with van der Waals surface area (Å²) < 4.78 is 9.12. The highest BCUT2D eigenvalue weighted by molar-refractivity contribution is 6.74. The molecular weight excluding hydrogens is 464 g/mol. The number of hydrogen-bond donors (Lipinski definition) is 1. The number of benzene rings is 2. The molecule has 3 aromatic rings. The Morgan fingerprint density at radius 2 is 1.83 bits per heavy atom. The Labute approximate surface area is 215 Å². The van der Waals surface area contributed by atoms with E-state index in [1.807, 2.05) is 56.3 Å². The van der Waals surface area contributed by atoms with E-state index in [1.165, 1.54) is 0 Å². The van der Waals surface area contributed by atoms with Crippen LogP contribution in [-0.2, 0) is 14.8 Å². The van der Waals surface area contributed by atoms with Crippen molar-refractivity contribution in [3.05, 3.63) is 59.7 Å². The number of amides is 1. The minimum Gasteiger partial charge on any atom is -0.407 e. The molecular formula is C29H38N4O2Si. The van der Waals surface area contributed by atoms with Crippen LogP contribution in [0.5, 0.6) is 0 Å². The third-order valence-electron chi connectivity index (χ3n) is 8.33. The minimum absolute atomic E-state index is 0.00408. The molecule has 0 spiro atoms. The summed E-state index contributed by atoms with van der Waals surface area (Å²) in [5.41, 5.74) is 2.45. The van der Waals surface area contributed by atoms with Gasteiger partial charge in [0.2, 0.25) is 11.9 Å². The van der Waals surface area contributed by atoms with Crippen molar-refractivity contribution in [1.29, 1.82) is 5.26 Å². The van der Waals surface area contributed by atoms with E-state index >= 15 is 0 Å². The number of rotatable bonds is 7. The maximum atomic E-state index is 13.9. The summed E-state index contributed by atoms with van der Waals surface area (Å²) >= 11 is 0. The summed E-state index contributed by atoms with van der Waals surface area (Å²) in [6.45, 7) is 15.1. The smallest absolute Gasteiger partial charge is 0.232 e. The van der Waals surface area contributed by atoms with Gasteiger partial charge in [0.15, 0.2) is 8.32 Å². The first-order valence-corrected chi connectivity index (χ1v) is 15.8. The molecule has 0 saturated heterocycles. The third-order valence-corrected chi connectivity index (χ3v) is 12.9. The number of carbonyl (C=O) groups excluding carboxylic acids is 1. The molecule has 2 atom stereocenters. The number of carbonyl (C=O) groups is 1. The summed E-state index contributed by atoms with van der Waals surface area (Å²) in [7, 11) is -2.22. The SMILES string of the molecule is CC(C(=O)Nc1nc2ccc(C#N)cc2n1C1CCC1)C(C)(O[Si](C)(C)C(C)(C)C)c1ccccc1. The van der Waals surface area contributed by atoms with Gasteiger partial charge in [-0.3, -0.25) is 10.1 Å². The van der Waals surface area contributed by atoms with Crippen molar-refractivity contribution in [2.75, 3.05) is 5.32 Å². The first kappa shape index (κ1) is 26.1. The van der Waals surface area contributed by atoms with Crippen LogP contribution in [-0.4, -0.2) is 23.8 Å². The van der Waals surface area contributed by atoms with Gasteiger partial charge in [0.05, 0.1) is 34.2 Å². The molecule has 7 heteroatoms. The van der Waals surface area contributed by atoms with E-state index < -0.39 is 19.8 Å². The molecule has 1 saturated carbocycles. The molecule has 2 aromatic carbocycles. The standard InChI is InChI=1S/C29H38N4O2Si/c1-20(29(5,22-12-9-8-10-13-22)35-36(6,7)28(2,3)4)26(34)32-27-31-24-17-16-21(19-30)18-25(24)33(27)23-14-11-15-23/h8-10,12-13,16-18,20,23H,11,14-15H2,1-7H3,(H,31,32,34). The Morgan fingerprint density at radius 3 is 2.39 bits per heavy atom. The highest BCUT2D eigenvalue weighted by Gasteiger charge is 2.48. The van der Waals surface area contributed by atoms with E-state index in [9.17, 15) is 10.1 Å². The van der Waals surface area contributed by atoms with Crippen LogP contribution >= 0.6 is 0 Å². The molecule has 1 N–H and O–H groups in total. The van der Waals surface area contributed by atoms with Gasteiger partial charge in [-0.1, -0.05) is 58.0 Å². The van der Waals surface area contributed by atoms with Gasteiger partial charge in [0.1, 0.15) is 0 Å².